The summed E-state index contributed by atoms with van der Waals surface area (Å²) in [5, 5.41) is 7.73. The maximum Gasteiger partial charge on any atom is 0.254 e. The molecule has 0 bridgehead atoms. The SMILES string of the molecule is CNC(=O)c1ccsc1NC(=O)CSCc1ccccc1. The van der Waals surface area contributed by atoms with Gasteiger partial charge in [-0.2, -0.15) is 0 Å². The van der Waals surface area contributed by atoms with E-state index in [9.17, 15) is 9.59 Å². The minimum absolute atomic E-state index is 0.0939. The number of thiophene rings is 1. The first-order valence-corrected chi connectivity index (χ1v) is 8.45. The third-order valence-electron chi connectivity index (χ3n) is 2.73. The Morgan fingerprint density at radius 2 is 1.95 bits per heavy atom. The van der Waals surface area contributed by atoms with Crippen LogP contribution in [0.15, 0.2) is 41.8 Å². The fourth-order valence-corrected chi connectivity index (χ4v) is 3.31. The predicted octanol–water partition coefficient (Wildman–Crippen LogP) is 2.98. The Morgan fingerprint density at radius 1 is 1.19 bits per heavy atom. The molecule has 1 aromatic carbocycles. The maximum atomic E-state index is 11.9. The minimum atomic E-state index is -0.191. The van der Waals surface area contributed by atoms with E-state index in [0.717, 1.165) is 5.75 Å². The molecule has 0 aliphatic heterocycles. The molecule has 0 unspecified atom stereocenters. The van der Waals surface area contributed by atoms with Crippen molar-refractivity contribution in [3.63, 3.8) is 0 Å². The van der Waals surface area contributed by atoms with Gasteiger partial charge in [-0.1, -0.05) is 30.3 Å². The number of rotatable bonds is 6. The molecule has 0 fully saturated rings. The Kier molecular flexibility index (Phi) is 5.83. The third kappa shape index (κ3) is 4.61. The summed E-state index contributed by atoms with van der Waals surface area (Å²) in [5.41, 5.74) is 1.70. The molecule has 0 aliphatic carbocycles. The molecule has 2 rings (SSSR count). The first kappa shape index (κ1) is 15.6. The number of carbonyl (C=O) groups excluding carboxylic acids is 2. The predicted molar refractivity (Wildman–Crippen MR) is 88.9 cm³/mol. The van der Waals surface area contributed by atoms with Gasteiger partial charge in [0.25, 0.3) is 5.91 Å². The van der Waals surface area contributed by atoms with E-state index in [-0.39, 0.29) is 11.8 Å². The molecular formula is C15H16N2O2S2. The highest BCUT2D eigenvalue weighted by molar-refractivity contribution is 7.99. The van der Waals surface area contributed by atoms with E-state index >= 15 is 0 Å². The standard InChI is InChI=1S/C15H16N2O2S2/c1-16-14(19)12-7-8-21-15(12)17-13(18)10-20-9-11-5-3-2-4-6-11/h2-8H,9-10H2,1H3,(H,16,19)(H,17,18). The van der Waals surface area contributed by atoms with Crippen molar-refractivity contribution in [1.82, 2.24) is 5.32 Å². The fourth-order valence-electron chi connectivity index (χ4n) is 1.72. The lowest BCUT2D eigenvalue weighted by Gasteiger charge is -2.05. The Labute approximate surface area is 131 Å². The summed E-state index contributed by atoms with van der Waals surface area (Å²) in [4.78, 5) is 23.5. The molecule has 1 aromatic heterocycles. The van der Waals surface area contributed by atoms with Crippen LogP contribution in [0.25, 0.3) is 0 Å². The average Bonchev–Trinajstić information content (AvgIpc) is 2.95. The number of thioether (sulfide) groups is 1. The van der Waals surface area contributed by atoms with Crippen molar-refractivity contribution in [2.45, 2.75) is 5.75 Å². The maximum absolute atomic E-state index is 11.9. The van der Waals surface area contributed by atoms with E-state index in [2.05, 4.69) is 10.6 Å². The van der Waals surface area contributed by atoms with Crippen LogP contribution in [-0.4, -0.2) is 24.6 Å². The zero-order valence-electron chi connectivity index (χ0n) is 11.6. The van der Waals surface area contributed by atoms with Crippen molar-refractivity contribution >= 4 is 39.9 Å². The Balaban J connectivity index is 1.82. The van der Waals surface area contributed by atoms with Gasteiger partial charge >= 0.3 is 0 Å². The largest absolute Gasteiger partial charge is 0.355 e. The molecule has 0 saturated carbocycles. The lowest BCUT2D eigenvalue weighted by Crippen LogP contribution is -2.20. The van der Waals surface area contributed by atoms with Gasteiger partial charge in [-0.05, 0) is 17.0 Å². The van der Waals surface area contributed by atoms with Gasteiger partial charge < -0.3 is 10.6 Å². The van der Waals surface area contributed by atoms with Crippen molar-refractivity contribution in [3.8, 4) is 0 Å². The molecule has 2 amide bonds. The quantitative estimate of drug-likeness (QED) is 0.860. The normalized spacial score (nSPS) is 10.1. The van der Waals surface area contributed by atoms with Crippen LogP contribution in [0.4, 0.5) is 5.00 Å². The molecule has 0 radical (unpaired) electrons. The molecule has 0 atom stereocenters. The van der Waals surface area contributed by atoms with Crippen molar-refractivity contribution < 1.29 is 9.59 Å². The highest BCUT2D eigenvalue weighted by atomic mass is 32.2. The van der Waals surface area contributed by atoms with E-state index in [1.165, 1.54) is 16.9 Å². The summed E-state index contributed by atoms with van der Waals surface area (Å²) in [6, 6.07) is 11.7. The fraction of sp³-hybridized carbons (Fsp3) is 0.200. The number of amides is 2. The summed E-state index contributed by atoms with van der Waals surface area (Å²) in [6.45, 7) is 0. The Morgan fingerprint density at radius 3 is 2.67 bits per heavy atom. The van der Waals surface area contributed by atoms with E-state index in [0.29, 0.717) is 16.3 Å². The molecule has 110 valence electrons. The molecule has 1 heterocycles. The second-order valence-electron chi connectivity index (χ2n) is 4.27. The topological polar surface area (TPSA) is 58.2 Å². The van der Waals surface area contributed by atoms with Gasteiger partial charge in [-0.25, -0.2) is 0 Å². The van der Waals surface area contributed by atoms with Crippen LogP contribution in [0.1, 0.15) is 15.9 Å². The number of benzene rings is 1. The van der Waals surface area contributed by atoms with Gasteiger partial charge in [0.2, 0.25) is 5.91 Å². The first-order valence-electron chi connectivity index (χ1n) is 6.42. The Bertz CT molecular complexity index is 611. The van der Waals surface area contributed by atoms with Gasteiger partial charge in [-0.15, -0.1) is 23.1 Å². The van der Waals surface area contributed by atoms with E-state index < -0.39 is 0 Å². The molecule has 0 spiro atoms. The van der Waals surface area contributed by atoms with Crippen LogP contribution < -0.4 is 10.6 Å². The number of anilines is 1. The average molecular weight is 320 g/mol. The highest BCUT2D eigenvalue weighted by Gasteiger charge is 2.13. The molecule has 21 heavy (non-hydrogen) atoms. The van der Waals surface area contributed by atoms with E-state index in [4.69, 9.17) is 0 Å². The summed E-state index contributed by atoms with van der Waals surface area (Å²) < 4.78 is 0. The first-order chi connectivity index (χ1) is 10.2. The second kappa shape index (κ2) is 7.85. The lowest BCUT2D eigenvalue weighted by molar-refractivity contribution is -0.113. The third-order valence-corrected chi connectivity index (χ3v) is 4.57. The number of nitrogens with one attached hydrogen (secondary N) is 2. The van der Waals surface area contributed by atoms with Crippen LogP contribution in [0.2, 0.25) is 0 Å². The molecular weight excluding hydrogens is 304 g/mol. The van der Waals surface area contributed by atoms with Gasteiger partial charge in [0, 0.05) is 12.8 Å². The van der Waals surface area contributed by atoms with Crippen LogP contribution >= 0.6 is 23.1 Å². The monoisotopic (exact) mass is 320 g/mol. The molecule has 4 nitrogen and oxygen atoms in total. The van der Waals surface area contributed by atoms with Crippen molar-refractivity contribution in [1.29, 1.82) is 0 Å². The second-order valence-corrected chi connectivity index (χ2v) is 6.17. The molecule has 2 N–H and O–H groups in total. The zero-order chi connectivity index (χ0) is 15.1. The number of hydrogen-bond donors (Lipinski definition) is 2. The molecule has 0 saturated heterocycles. The van der Waals surface area contributed by atoms with E-state index in [1.807, 2.05) is 30.3 Å². The Hall–Kier alpha value is -1.79. The molecule has 6 heteroatoms. The smallest absolute Gasteiger partial charge is 0.254 e. The van der Waals surface area contributed by atoms with Gasteiger partial charge in [0.05, 0.1) is 11.3 Å². The van der Waals surface area contributed by atoms with Crippen molar-refractivity contribution in [2.24, 2.45) is 0 Å². The number of carbonyl (C=O) groups is 2. The van der Waals surface area contributed by atoms with E-state index in [1.54, 1.807) is 30.3 Å². The summed E-state index contributed by atoms with van der Waals surface area (Å²) in [5.74, 6) is 0.869. The van der Waals surface area contributed by atoms with Gasteiger partial charge in [0.1, 0.15) is 5.00 Å². The van der Waals surface area contributed by atoms with Crippen molar-refractivity contribution in [3.05, 3.63) is 52.9 Å². The van der Waals surface area contributed by atoms with Crippen molar-refractivity contribution in [2.75, 3.05) is 18.1 Å². The lowest BCUT2D eigenvalue weighted by atomic mass is 10.2. The van der Waals surface area contributed by atoms with Gasteiger partial charge in [-0.3, -0.25) is 9.59 Å². The van der Waals surface area contributed by atoms with Gasteiger partial charge in [0.15, 0.2) is 0 Å². The highest BCUT2D eigenvalue weighted by Crippen LogP contribution is 2.23. The summed E-state index contributed by atoms with van der Waals surface area (Å²) in [7, 11) is 1.57. The minimum Gasteiger partial charge on any atom is -0.355 e. The van der Waals surface area contributed by atoms with Crippen LogP contribution in [0, 0.1) is 0 Å². The summed E-state index contributed by atoms with van der Waals surface area (Å²) in [6.07, 6.45) is 0. The molecule has 0 aliphatic rings. The van der Waals surface area contributed by atoms with Crippen LogP contribution in [0.3, 0.4) is 0 Å². The summed E-state index contributed by atoms with van der Waals surface area (Å²) >= 11 is 2.90. The zero-order valence-corrected chi connectivity index (χ0v) is 13.2. The molecule has 2 aromatic rings. The number of hydrogen-bond acceptors (Lipinski definition) is 4. The van der Waals surface area contributed by atoms with Crippen LogP contribution in [-0.2, 0) is 10.5 Å². The van der Waals surface area contributed by atoms with Crippen LogP contribution in [0.5, 0.6) is 0 Å².